The van der Waals surface area contributed by atoms with Gasteiger partial charge in [0.15, 0.2) is 11.5 Å². The lowest BCUT2D eigenvalue weighted by atomic mass is 9.81. The largest absolute Gasteiger partial charge is 0.484 e. The summed E-state index contributed by atoms with van der Waals surface area (Å²) in [4.78, 5) is 14.6. The van der Waals surface area contributed by atoms with Gasteiger partial charge in [-0.15, -0.1) is 0 Å². The highest BCUT2D eigenvalue weighted by atomic mass is 35.5. The van der Waals surface area contributed by atoms with Crippen LogP contribution in [0.25, 0.3) is 0 Å². The first-order valence-corrected chi connectivity index (χ1v) is 10.4. The number of halogens is 1. The van der Waals surface area contributed by atoms with Crippen molar-refractivity contribution in [2.75, 3.05) is 33.9 Å². The van der Waals surface area contributed by atoms with E-state index in [0.717, 1.165) is 31.5 Å². The topological polar surface area (TPSA) is 57.2 Å². The van der Waals surface area contributed by atoms with E-state index < -0.39 is 5.97 Å². The molecular weight excluding hydrogens is 382 g/mol. The van der Waals surface area contributed by atoms with E-state index in [0.29, 0.717) is 46.8 Å². The summed E-state index contributed by atoms with van der Waals surface area (Å²) >= 11 is 6.33. The molecule has 1 aromatic carbocycles. The molecule has 1 saturated carbocycles. The molecule has 0 bridgehead atoms. The number of nitrogens with zero attached hydrogens (tertiary/aromatic N) is 1. The first kappa shape index (κ1) is 19.8. The summed E-state index contributed by atoms with van der Waals surface area (Å²) < 4.78 is 22.6. The van der Waals surface area contributed by atoms with Crippen molar-refractivity contribution < 1.29 is 23.7 Å². The number of ether oxygens (including phenoxy) is 4. The molecule has 0 radical (unpaired) electrons. The van der Waals surface area contributed by atoms with Crippen LogP contribution in [-0.2, 0) is 9.47 Å². The highest BCUT2D eigenvalue weighted by Gasteiger charge is 2.38. The fraction of sp³-hybridized carbons (Fsp3) is 0.667. The van der Waals surface area contributed by atoms with Crippen molar-refractivity contribution in [3.8, 4) is 11.5 Å². The van der Waals surface area contributed by atoms with Crippen molar-refractivity contribution in [1.82, 2.24) is 4.90 Å². The normalized spacial score (nSPS) is 27.9. The van der Waals surface area contributed by atoms with Gasteiger partial charge in [0.2, 0.25) is 0 Å². The molecule has 1 atom stereocenters. The maximum absolute atomic E-state index is 12.0. The number of benzene rings is 1. The molecule has 2 fully saturated rings. The predicted octanol–water partition coefficient (Wildman–Crippen LogP) is 3.46. The standard InChI is InChI=1S/C21H28ClNO5/c1-12-16(21(24)26-3)8-17(22)20-19(12)28-18(11-27-20)13-4-6-14(7-5-13)23-9-15(10-23)25-2/h8,13-15,18H,4-7,9-11H2,1-3H3/t13?,14?,18-/m1/s1. The summed E-state index contributed by atoms with van der Waals surface area (Å²) in [6, 6.07) is 2.25. The summed E-state index contributed by atoms with van der Waals surface area (Å²) in [6.07, 6.45) is 4.98. The summed E-state index contributed by atoms with van der Waals surface area (Å²) in [5.41, 5.74) is 1.14. The average molecular weight is 410 g/mol. The summed E-state index contributed by atoms with van der Waals surface area (Å²) in [5, 5.41) is 0.383. The third kappa shape index (κ3) is 3.58. The zero-order valence-electron chi connectivity index (χ0n) is 16.7. The fourth-order valence-electron chi connectivity index (χ4n) is 4.64. The maximum Gasteiger partial charge on any atom is 0.338 e. The number of methoxy groups -OCH3 is 2. The molecule has 3 aliphatic rings. The van der Waals surface area contributed by atoms with Gasteiger partial charge in [0.1, 0.15) is 12.7 Å². The van der Waals surface area contributed by atoms with Crippen LogP contribution < -0.4 is 9.47 Å². The summed E-state index contributed by atoms with van der Waals surface area (Å²) in [6.45, 7) is 4.45. The number of esters is 1. The molecule has 0 N–H and O–H groups in total. The minimum absolute atomic E-state index is 0.0146. The van der Waals surface area contributed by atoms with E-state index in [1.54, 1.807) is 13.2 Å². The predicted molar refractivity (Wildman–Crippen MR) is 106 cm³/mol. The Balaban J connectivity index is 1.42. The molecule has 0 amide bonds. The number of fused-ring (bicyclic) bond motifs is 1. The van der Waals surface area contributed by atoms with Crippen LogP contribution in [-0.4, -0.2) is 63.0 Å². The molecule has 1 aliphatic carbocycles. The molecule has 2 heterocycles. The van der Waals surface area contributed by atoms with Gasteiger partial charge in [0, 0.05) is 31.8 Å². The molecule has 1 saturated heterocycles. The highest BCUT2D eigenvalue weighted by Crippen LogP contribution is 2.45. The van der Waals surface area contributed by atoms with E-state index in [9.17, 15) is 4.79 Å². The van der Waals surface area contributed by atoms with Crippen LogP contribution in [0.5, 0.6) is 11.5 Å². The number of hydrogen-bond acceptors (Lipinski definition) is 6. The Morgan fingerprint density at radius 1 is 1.18 bits per heavy atom. The van der Waals surface area contributed by atoms with Gasteiger partial charge >= 0.3 is 5.97 Å². The van der Waals surface area contributed by atoms with Crippen LogP contribution in [0.3, 0.4) is 0 Å². The SMILES string of the molecule is COC(=O)c1cc(Cl)c2c(c1C)O[C@@H](C1CCC(N3CC(OC)C3)CC1)CO2. The minimum atomic E-state index is -0.419. The zero-order valence-corrected chi connectivity index (χ0v) is 17.5. The Hall–Kier alpha value is -1.50. The van der Waals surface area contributed by atoms with Crippen LogP contribution in [0.15, 0.2) is 6.07 Å². The van der Waals surface area contributed by atoms with Gasteiger partial charge in [0.25, 0.3) is 0 Å². The molecule has 2 aliphatic heterocycles. The van der Waals surface area contributed by atoms with Crippen molar-refractivity contribution >= 4 is 17.6 Å². The first-order valence-electron chi connectivity index (χ1n) is 9.99. The molecule has 154 valence electrons. The van der Waals surface area contributed by atoms with Crippen molar-refractivity contribution in [3.63, 3.8) is 0 Å². The monoisotopic (exact) mass is 409 g/mol. The van der Waals surface area contributed by atoms with E-state index in [1.165, 1.54) is 20.0 Å². The van der Waals surface area contributed by atoms with Gasteiger partial charge < -0.3 is 18.9 Å². The second-order valence-electron chi connectivity index (χ2n) is 8.03. The lowest BCUT2D eigenvalue weighted by Gasteiger charge is -2.46. The minimum Gasteiger partial charge on any atom is -0.484 e. The Kier molecular flexibility index (Phi) is 5.72. The molecule has 1 aromatic rings. The van der Waals surface area contributed by atoms with Crippen LogP contribution in [0.1, 0.15) is 41.6 Å². The van der Waals surface area contributed by atoms with Crippen LogP contribution in [0.2, 0.25) is 5.02 Å². The van der Waals surface area contributed by atoms with Gasteiger partial charge in [-0.05, 0) is 44.6 Å². The maximum atomic E-state index is 12.0. The van der Waals surface area contributed by atoms with Crippen molar-refractivity contribution in [2.45, 2.75) is 50.9 Å². The molecule has 7 heteroatoms. The highest BCUT2D eigenvalue weighted by molar-refractivity contribution is 6.32. The average Bonchev–Trinajstić information content (AvgIpc) is 2.69. The van der Waals surface area contributed by atoms with Crippen molar-refractivity contribution in [2.24, 2.45) is 5.92 Å². The molecule has 0 unspecified atom stereocenters. The van der Waals surface area contributed by atoms with Gasteiger partial charge in [0.05, 0.1) is 23.8 Å². The molecule has 4 rings (SSSR count). The van der Waals surface area contributed by atoms with E-state index in [4.69, 9.17) is 30.5 Å². The smallest absolute Gasteiger partial charge is 0.338 e. The second-order valence-corrected chi connectivity index (χ2v) is 8.44. The second kappa shape index (κ2) is 8.09. The molecular formula is C21H28ClNO5. The van der Waals surface area contributed by atoms with E-state index in [1.807, 2.05) is 6.92 Å². The summed E-state index contributed by atoms with van der Waals surface area (Å²) in [7, 11) is 3.15. The van der Waals surface area contributed by atoms with Crippen molar-refractivity contribution in [1.29, 1.82) is 0 Å². The fourth-order valence-corrected chi connectivity index (χ4v) is 4.89. The van der Waals surface area contributed by atoms with Gasteiger partial charge in [-0.25, -0.2) is 4.79 Å². The summed E-state index contributed by atoms with van der Waals surface area (Å²) in [5.74, 6) is 1.14. The third-order valence-corrected chi connectivity index (χ3v) is 6.78. The molecule has 6 nitrogen and oxygen atoms in total. The molecule has 0 spiro atoms. The first-order chi connectivity index (χ1) is 13.5. The van der Waals surface area contributed by atoms with Crippen LogP contribution in [0.4, 0.5) is 0 Å². The number of carbonyl (C=O) groups is 1. The number of carbonyl (C=O) groups excluding carboxylic acids is 1. The number of hydrogen-bond donors (Lipinski definition) is 0. The lowest BCUT2D eigenvalue weighted by molar-refractivity contribution is -0.0649. The quantitative estimate of drug-likeness (QED) is 0.710. The number of likely N-dealkylation sites (tertiary alicyclic amines) is 1. The third-order valence-electron chi connectivity index (χ3n) is 6.50. The Morgan fingerprint density at radius 3 is 2.54 bits per heavy atom. The Bertz CT molecular complexity index is 741. The number of rotatable bonds is 4. The van der Waals surface area contributed by atoms with Crippen LogP contribution >= 0.6 is 11.6 Å². The Morgan fingerprint density at radius 2 is 1.89 bits per heavy atom. The van der Waals surface area contributed by atoms with E-state index >= 15 is 0 Å². The Labute approximate surface area is 171 Å². The van der Waals surface area contributed by atoms with Gasteiger partial charge in [-0.2, -0.15) is 0 Å². The molecule has 28 heavy (non-hydrogen) atoms. The van der Waals surface area contributed by atoms with E-state index in [2.05, 4.69) is 4.90 Å². The lowest BCUT2D eigenvalue weighted by Crippen LogP contribution is -2.57. The van der Waals surface area contributed by atoms with Gasteiger partial charge in [-0.3, -0.25) is 4.90 Å². The van der Waals surface area contributed by atoms with Crippen molar-refractivity contribution in [3.05, 3.63) is 22.2 Å². The van der Waals surface area contributed by atoms with E-state index in [-0.39, 0.29) is 6.10 Å². The van der Waals surface area contributed by atoms with Gasteiger partial charge in [-0.1, -0.05) is 11.6 Å². The zero-order chi connectivity index (χ0) is 19.8. The van der Waals surface area contributed by atoms with Crippen LogP contribution in [0, 0.1) is 12.8 Å². The molecule has 0 aromatic heterocycles.